The van der Waals surface area contributed by atoms with Crippen molar-refractivity contribution in [3.8, 4) is 5.75 Å². The molecule has 3 rings (SSSR count). The normalized spacial score (nSPS) is 17.9. The van der Waals surface area contributed by atoms with Crippen LogP contribution in [0.25, 0.3) is 0 Å². The molecule has 0 unspecified atom stereocenters. The molecule has 0 saturated heterocycles. The molecule has 5 nitrogen and oxygen atoms in total. The number of aryl methyl sites for hydroxylation is 1. The van der Waals surface area contributed by atoms with Crippen LogP contribution in [0.3, 0.4) is 0 Å². The van der Waals surface area contributed by atoms with E-state index in [0.717, 1.165) is 21.1 Å². The fourth-order valence-corrected chi connectivity index (χ4v) is 4.46. The molecule has 1 aliphatic rings. The Hall–Kier alpha value is -2.09. The zero-order valence-corrected chi connectivity index (χ0v) is 20.0. The van der Waals surface area contributed by atoms with Crippen LogP contribution in [-0.4, -0.2) is 31.8 Å². The number of nitrogens with zero attached hydrogens (tertiary/aromatic N) is 2. The minimum atomic E-state index is -0.263. The smallest absolute Gasteiger partial charge is 0.271 e. The Labute approximate surface area is 186 Å². The number of amides is 1. The van der Waals surface area contributed by atoms with Crippen LogP contribution < -0.4 is 15.1 Å². The maximum absolute atomic E-state index is 12.4. The summed E-state index contributed by atoms with van der Waals surface area (Å²) in [4.78, 5) is 14.8. The van der Waals surface area contributed by atoms with Crippen LogP contribution in [0.1, 0.15) is 60.2 Å². The number of hydrogen-bond donors (Lipinski definition) is 1. The number of benzene rings is 2. The van der Waals surface area contributed by atoms with E-state index in [0.29, 0.717) is 17.2 Å². The summed E-state index contributed by atoms with van der Waals surface area (Å²) in [7, 11) is 3.75. The van der Waals surface area contributed by atoms with Crippen molar-refractivity contribution in [2.24, 2.45) is 5.10 Å². The number of hydrogen-bond acceptors (Lipinski definition) is 4. The number of halogens is 1. The monoisotopic (exact) mass is 505 g/mol. The lowest BCUT2D eigenvalue weighted by molar-refractivity contribution is 0.0954. The second-order valence-electron chi connectivity index (χ2n) is 8.29. The molecule has 6 heteroatoms. The summed E-state index contributed by atoms with van der Waals surface area (Å²) < 4.78 is 6.24. The molecule has 0 bridgehead atoms. The summed E-state index contributed by atoms with van der Waals surface area (Å²) in [5.74, 6) is 0.882. The third-order valence-electron chi connectivity index (χ3n) is 5.80. The quantitative estimate of drug-likeness (QED) is 0.358. The number of carbonyl (C=O) groups is 1. The Balaban J connectivity index is 1.80. The summed E-state index contributed by atoms with van der Waals surface area (Å²) >= 11 is 2.17. The molecule has 2 aromatic carbocycles. The summed E-state index contributed by atoms with van der Waals surface area (Å²) in [6, 6.07) is 9.75. The van der Waals surface area contributed by atoms with E-state index >= 15 is 0 Å². The molecule has 0 saturated carbocycles. The summed E-state index contributed by atoms with van der Waals surface area (Å²) in [5, 5.41) is 4.20. The van der Waals surface area contributed by atoms with E-state index in [1.165, 1.54) is 11.3 Å². The average molecular weight is 505 g/mol. The third kappa shape index (κ3) is 4.42. The van der Waals surface area contributed by atoms with Gasteiger partial charge in [0.25, 0.3) is 5.91 Å². The van der Waals surface area contributed by atoms with Crippen LogP contribution in [0.4, 0.5) is 5.69 Å². The van der Waals surface area contributed by atoms with Gasteiger partial charge in [0.1, 0.15) is 5.75 Å². The Kier molecular flexibility index (Phi) is 6.22. The van der Waals surface area contributed by atoms with Gasteiger partial charge in [-0.1, -0.05) is 6.92 Å². The Bertz CT molecular complexity index is 969. The lowest BCUT2D eigenvalue weighted by atomic mass is 9.79. The molecule has 1 atom stereocenters. The maximum atomic E-state index is 12.4. The van der Waals surface area contributed by atoms with Gasteiger partial charge in [0.15, 0.2) is 0 Å². The van der Waals surface area contributed by atoms with E-state index in [-0.39, 0.29) is 11.4 Å². The van der Waals surface area contributed by atoms with Crippen LogP contribution in [0.2, 0.25) is 0 Å². The number of carbonyl (C=O) groups excluding carboxylic acids is 1. The number of methoxy groups -OCH3 is 1. The lowest BCUT2D eigenvalue weighted by Crippen LogP contribution is -2.45. The summed E-state index contributed by atoms with van der Waals surface area (Å²) in [6.07, 6.45) is 2.82. The third-order valence-corrected chi connectivity index (χ3v) is 6.70. The van der Waals surface area contributed by atoms with Gasteiger partial charge in [0, 0.05) is 23.8 Å². The van der Waals surface area contributed by atoms with Crippen molar-refractivity contribution in [1.82, 2.24) is 5.43 Å². The molecule has 0 aliphatic carbocycles. The highest BCUT2D eigenvalue weighted by Gasteiger charge is 2.34. The summed E-state index contributed by atoms with van der Waals surface area (Å²) in [6.45, 7) is 8.92. The SMILES string of the molecule is COc1cc(C(=O)N/N=C/c2cc3c(cc2C)N(C)C(C)(C)C[C@H]3C)ccc1I. The van der Waals surface area contributed by atoms with Crippen molar-refractivity contribution in [1.29, 1.82) is 0 Å². The standard InChI is InChI=1S/C23H28IN3O2/c1-14-9-20-18(15(2)12-23(3,4)27(20)5)10-17(14)13-25-26-22(28)16-7-8-19(24)21(11-16)29-6/h7-11,13,15H,12H2,1-6H3,(H,26,28)/b25-13+/t15-/m1/s1. The Morgan fingerprint density at radius 2 is 2.07 bits per heavy atom. The first kappa shape index (κ1) is 21.6. The number of fused-ring (bicyclic) bond motifs is 1. The molecular formula is C23H28IN3O2. The van der Waals surface area contributed by atoms with E-state index in [9.17, 15) is 4.79 Å². The predicted octanol–water partition coefficient (Wildman–Crippen LogP) is 5.09. The molecule has 1 N–H and O–H groups in total. The first-order valence-corrected chi connectivity index (χ1v) is 10.8. The molecule has 2 aromatic rings. The Morgan fingerprint density at radius 3 is 2.76 bits per heavy atom. The van der Waals surface area contributed by atoms with Crippen LogP contribution in [0.15, 0.2) is 35.4 Å². The molecule has 1 aliphatic heterocycles. The number of anilines is 1. The molecule has 0 spiro atoms. The maximum Gasteiger partial charge on any atom is 0.271 e. The summed E-state index contributed by atoms with van der Waals surface area (Å²) in [5.41, 5.74) is 8.02. The second kappa shape index (κ2) is 8.34. The predicted molar refractivity (Wildman–Crippen MR) is 127 cm³/mol. The molecule has 29 heavy (non-hydrogen) atoms. The zero-order valence-electron chi connectivity index (χ0n) is 17.8. The average Bonchev–Trinajstić information content (AvgIpc) is 2.67. The number of nitrogens with one attached hydrogen (secondary N) is 1. The highest BCUT2D eigenvalue weighted by Crippen LogP contribution is 2.43. The molecule has 0 fully saturated rings. The highest BCUT2D eigenvalue weighted by atomic mass is 127. The van der Waals surface area contributed by atoms with Gasteiger partial charge < -0.3 is 9.64 Å². The van der Waals surface area contributed by atoms with Crippen molar-refractivity contribution in [2.45, 2.75) is 45.6 Å². The van der Waals surface area contributed by atoms with Crippen molar-refractivity contribution in [3.05, 3.63) is 56.2 Å². The molecular weight excluding hydrogens is 477 g/mol. The number of ether oxygens (including phenoxy) is 1. The van der Waals surface area contributed by atoms with E-state index < -0.39 is 0 Å². The minimum Gasteiger partial charge on any atom is -0.496 e. The van der Waals surface area contributed by atoms with Gasteiger partial charge in [-0.25, -0.2) is 5.43 Å². The van der Waals surface area contributed by atoms with E-state index in [4.69, 9.17) is 4.74 Å². The largest absolute Gasteiger partial charge is 0.496 e. The van der Waals surface area contributed by atoms with Gasteiger partial charge in [-0.2, -0.15) is 5.10 Å². The van der Waals surface area contributed by atoms with Crippen molar-refractivity contribution >= 4 is 40.4 Å². The molecule has 154 valence electrons. The van der Waals surface area contributed by atoms with Gasteiger partial charge in [-0.3, -0.25) is 4.79 Å². The van der Waals surface area contributed by atoms with E-state index in [1.54, 1.807) is 25.5 Å². The van der Waals surface area contributed by atoms with Gasteiger partial charge in [-0.15, -0.1) is 0 Å². The minimum absolute atomic E-state index is 0.136. The second-order valence-corrected chi connectivity index (χ2v) is 9.45. The first-order valence-electron chi connectivity index (χ1n) is 9.69. The fourth-order valence-electron chi connectivity index (χ4n) is 3.90. The van der Waals surface area contributed by atoms with Crippen LogP contribution in [0, 0.1) is 10.5 Å². The molecule has 1 heterocycles. The first-order chi connectivity index (χ1) is 13.6. The number of hydrazone groups is 1. The van der Waals surface area contributed by atoms with Gasteiger partial charge in [0.05, 0.1) is 16.9 Å². The fraction of sp³-hybridized carbons (Fsp3) is 0.391. The van der Waals surface area contributed by atoms with Crippen LogP contribution >= 0.6 is 22.6 Å². The van der Waals surface area contributed by atoms with Crippen molar-refractivity contribution < 1.29 is 9.53 Å². The van der Waals surface area contributed by atoms with E-state index in [1.807, 2.05) is 6.07 Å². The zero-order chi connectivity index (χ0) is 21.3. The van der Waals surface area contributed by atoms with Crippen LogP contribution in [-0.2, 0) is 0 Å². The van der Waals surface area contributed by atoms with Gasteiger partial charge in [0.2, 0.25) is 0 Å². The van der Waals surface area contributed by atoms with Crippen molar-refractivity contribution in [3.63, 3.8) is 0 Å². The van der Waals surface area contributed by atoms with Crippen LogP contribution in [0.5, 0.6) is 5.75 Å². The van der Waals surface area contributed by atoms with Crippen molar-refractivity contribution in [2.75, 3.05) is 19.1 Å². The number of rotatable bonds is 4. The van der Waals surface area contributed by atoms with Gasteiger partial charge >= 0.3 is 0 Å². The Morgan fingerprint density at radius 1 is 1.34 bits per heavy atom. The molecule has 0 aromatic heterocycles. The molecule has 0 radical (unpaired) electrons. The lowest BCUT2D eigenvalue weighted by Gasteiger charge is -2.45. The van der Waals surface area contributed by atoms with Gasteiger partial charge in [-0.05, 0) is 103 Å². The highest BCUT2D eigenvalue weighted by molar-refractivity contribution is 14.1. The van der Waals surface area contributed by atoms with E-state index in [2.05, 4.69) is 84.9 Å². The molecule has 1 amide bonds. The topological polar surface area (TPSA) is 53.9 Å².